The molecule has 0 atom stereocenters. The zero-order valence-corrected chi connectivity index (χ0v) is 49.9. The van der Waals surface area contributed by atoms with Gasteiger partial charge in [0.15, 0.2) is 11.2 Å². The average molecular weight is 1080 g/mol. The van der Waals surface area contributed by atoms with Crippen LogP contribution in [0.2, 0.25) is 0 Å². The molecule has 0 aliphatic rings. The van der Waals surface area contributed by atoms with E-state index in [1.807, 2.05) is 0 Å². The molecule has 11 aromatic carbocycles. The third-order valence-corrected chi connectivity index (χ3v) is 17.3. The number of hydrogen-bond donors (Lipinski definition) is 0. The summed E-state index contributed by atoms with van der Waals surface area (Å²) in [4.78, 5) is 4.75. The molecule has 0 bridgehead atoms. The van der Waals surface area contributed by atoms with Gasteiger partial charge in [0.25, 0.3) is 0 Å². The fourth-order valence-electron chi connectivity index (χ4n) is 12.6. The van der Waals surface area contributed by atoms with Gasteiger partial charge in [0.1, 0.15) is 16.9 Å². The van der Waals surface area contributed by atoms with E-state index in [1.54, 1.807) is 0 Å². The van der Waals surface area contributed by atoms with Crippen molar-refractivity contribution in [2.24, 2.45) is 0 Å². The maximum atomic E-state index is 7.33. The summed E-state index contributed by atoms with van der Waals surface area (Å²) in [5, 5.41) is 11.0. The van der Waals surface area contributed by atoms with Crippen molar-refractivity contribution in [2.45, 2.75) is 105 Å². The third-order valence-electron chi connectivity index (χ3n) is 17.3. The van der Waals surface area contributed by atoms with Crippen molar-refractivity contribution >= 4 is 121 Å². The van der Waals surface area contributed by atoms with Crippen molar-refractivity contribution in [3.8, 4) is 5.69 Å². The number of nitrogens with zero attached hydrogens (tertiary/aromatic N) is 3. The predicted molar refractivity (Wildman–Crippen MR) is 355 cm³/mol. The first kappa shape index (κ1) is 52.0. The van der Waals surface area contributed by atoms with Crippen LogP contribution in [0, 0.1) is 0 Å². The van der Waals surface area contributed by atoms with Gasteiger partial charge in [0.2, 0.25) is 0 Å². The summed E-state index contributed by atoms with van der Waals surface area (Å²) in [6.45, 7) is 27.2. The van der Waals surface area contributed by atoms with Gasteiger partial charge in [-0.15, -0.1) is 0 Å². The van der Waals surface area contributed by atoms with Crippen molar-refractivity contribution in [3.63, 3.8) is 0 Å². The lowest BCUT2D eigenvalue weighted by Gasteiger charge is -2.28. The van der Waals surface area contributed by atoms with Crippen molar-refractivity contribution in [2.75, 3.05) is 9.80 Å². The van der Waals surface area contributed by atoms with E-state index < -0.39 is 0 Å². The first-order valence-electron chi connectivity index (χ1n) is 29.4. The second kappa shape index (κ2) is 18.7. The Labute approximate surface area is 487 Å². The van der Waals surface area contributed by atoms with E-state index in [1.165, 1.54) is 33.0 Å². The van der Waals surface area contributed by atoms with Crippen LogP contribution in [0.5, 0.6) is 0 Å². The molecule has 14 rings (SSSR count). The summed E-state index contributed by atoms with van der Waals surface area (Å²) in [5.74, 6) is 0. The monoisotopic (exact) mass is 1080 g/mol. The number of hydrogen-bond acceptors (Lipinski definition) is 4. The van der Waals surface area contributed by atoms with Crippen LogP contribution in [0.15, 0.2) is 221 Å². The summed E-state index contributed by atoms with van der Waals surface area (Å²) >= 11 is 0. The summed E-state index contributed by atoms with van der Waals surface area (Å²) < 4.78 is 17.0. The standard InChI is InChI=1S/C78H71N3O2/c1-75(2,3)52-23-33-56(34-24-52)79(57-35-25-53(26-36-57)76(4,5)6)60-31-21-48-43-64-66-47-67-65-44-49-22-32-61(80(58-37-27-54(28-38-58)77(7,8)9)59-39-29-55(30-40-59)78(10,11)12)42-51(49)46-71(65)83-74(67)72(73(66)82-70(64)45-50(48)41-60)81-68-19-15-13-17-62(68)63-18-14-16-20-69(63)81/h13-47H,1-12H3. The number of rotatable bonds is 7. The smallest absolute Gasteiger partial charge is 0.163 e. The number of furan rings is 2. The largest absolute Gasteiger partial charge is 0.454 e. The predicted octanol–water partition coefficient (Wildman–Crippen LogP) is 23.0. The molecule has 0 spiro atoms. The van der Waals surface area contributed by atoms with Gasteiger partial charge < -0.3 is 23.2 Å². The van der Waals surface area contributed by atoms with Crippen LogP contribution in [0.1, 0.15) is 105 Å². The van der Waals surface area contributed by atoms with Crippen LogP contribution in [0.4, 0.5) is 34.1 Å². The molecule has 0 radical (unpaired) electrons. The molecule has 3 aromatic heterocycles. The van der Waals surface area contributed by atoms with E-state index >= 15 is 0 Å². The first-order valence-corrected chi connectivity index (χ1v) is 29.4. The fraction of sp³-hybridized carbons (Fsp3) is 0.205. The van der Waals surface area contributed by atoms with Gasteiger partial charge in [0, 0.05) is 66.4 Å². The highest BCUT2D eigenvalue weighted by atomic mass is 16.3. The molecule has 0 fully saturated rings. The quantitative estimate of drug-likeness (QED) is 0.159. The Hall–Kier alpha value is -9.06. The van der Waals surface area contributed by atoms with Crippen LogP contribution < -0.4 is 9.80 Å². The first-order chi connectivity index (χ1) is 39.6. The number of fused-ring (bicyclic) bond motifs is 11. The zero-order chi connectivity index (χ0) is 57.5. The van der Waals surface area contributed by atoms with Crippen LogP contribution in [-0.2, 0) is 21.7 Å². The summed E-state index contributed by atoms with van der Waals surface area (Å²) in [6, 6.07) is 78.8. The van der Waals surface area contributed by atoms with Gasteiger partial charge in [-0.2, -0.15) is 0 Å². The molecule has 0 saturated carbocycles. The molecule has 3 heterocycles. The highest BCUT2D eigenvalue weighted by Gasteiger charge is 2.27. The van der Waals surface area contributed by atoms with Gasteiger partial charge in [-0.3, -0.25) is 0 Å². The Morgan fingerprint density at radius 3 is 0.916 bits per heavy atom. The van der Waals surface area contributed by atoms with E-state index in [9.17, 15) is 0 Å². The minimum absolute atomic E-state index is 0.0402. The van der Waals surface area contributed by atoms with Gasteiger partial charge >= 0.3 is 0 Å². The zero-order valence-electron chi connectivity index (χ0n) is 49.9. The number of anilines is 6. The fourth-order valence-corrected chi connectivity index (χ4v) is 12.6. The van der Waals surface area contributed by atoms with Crippen molar-refractivity contribution in [3.05, 3.63) is 235 Å². The highest BCUT2D eigenvalue weighted by molar-refractivity contribution is 6.23. The van der Waals surface area contributed by atoms with E-state index in [2.05, 4.69) is 310 Å². The topological polar surface area (TPSA) is 37.7 Å². The van der Waals surface area contributed by atoms with E-state index in [0.29, 0.717) is 0 Å². The molecule has 410 valence electrons. The van der Waals surface area contributed by atoms with Crippen LogP contribution >= 0.6 is 0 Å². The lowest BCUT2D eigenvalue weighted by Crippen LogP contribution is -2.14. The average Bonchev–Trinajstić information content (AvgIpc) is 1.72. The summed E-state index contributed by atoms with van der Waals surface area (Å²) in [6.07, 6.45) is 0. The van der Waals surface area contributed by atoms with Crippen LogP contribution in [0.25, 0.3) is 92.9 Å². The molecule has 14 aromatic rings. The maximum Gasteiger partial charge on any atom is 0.163 e. The minimum Gasteiger partial charge on any atom is -0.454 e. The molecule has 0 aliphatic carbocycles. The third kappa shape index (κ3) is 8.91. The van der Waals surface area contributed by atoms with Gasteiger partial charge in [0.05, 0.1) is 11.0 Å². The Bertz CT molecular complexity index is 4430. The lowest BCUT2D eigenvalue weighted by molar-refractivity contribution is 0.590. The normalized spacial score (nSPS) is 12.8. The molecule has 5 heteroatoms. The highest BCUT2D eigenvalue weighted by Crippen LogP contribution is 2.48. The molecular formula is C78H71N3O2. The second-order valence-electron chi connectivity index (χ2n) is 27.2. The Morgan fingerprint density at radius 1 is 0.277 bits per heavy atom. The molecule has 0 amide bonds. The molecule has 5 nitrogen and oxygen atoms in total. The summed E-state index contributed by atoms with van der Waals surface area (Å²) in [5.41, 5.74) is 18.2. The van der Waals surface area contributed by atoms with E-state index in [0.717, 1.165) is 116 Å². The SMILES string of the molecule is CC(C)(C)c1ccc(N(c2ccc(C(C)(C)C)cc2)c2ccc3cc4c(cc3c2)oc2c(-n3c5ccccc5c5ccccc53)c3oc5cc6cc(N(c7ccc(C(C)(C)C)cc7)c7ccc(C(C)(C)C)cc7)ccc6cc5c3cc24)cc1. The van der Waals surface area contributed by atoms with Crippen LogP contribution in [-0.4, -0.2) is 4.57 Å². The lowest BCUT2D eigenvalue weighted by atomic mass is 9.86. The van der Waals surface area contributed by atoms with Crippen LogP contribution in [0.3, 0.4) is 0 Å². The Kier molecular flexibility index (Phi) is 11.7. The van der Waals surface area contributed by atoms with Gasteiger partial charge in [-0.05, 0) is 181 Å². The molecule has 0 N–H and O–H groups in total. The number of benzene rings is 11. The van der Waals surface area contributed by atoms with Crippen molar-refractivity contribution in [1.29, 1.82) is 0 Å². The maximum absolute atomic E-state index is 7.33. The molecular weight excluding hydrogens is 1010 g/mol. The van der Waals surface area contributed by atoms with Crippen molar-refractivity contribution in [1.82, 2.24) is 4.57 Å². The van der Waals surface area contributed by atoms with Gasteiger partial charge in [-0.1, -0.05) is 180 Å². The van der Waals surface area contributed by atoms with Crippen molar-refractivity contribution < 1.29 is 8.83 Å². The van der Waals surface area contributed by atoms with E-state index in [-0.39, 0.29) is 21.7 Å². The second-order valence-corrected chi connectivity index (χ2v) is 27.2. The number of aromatic nitrogens is 1. The Balaban J connectivity index is 0.960. The molecule has 0 unspecified atom stereocenters. The van der Waals surface area contributed by atoms with Gasteiger partial charge in [-0.25, -0.2) is 0 Å². The molecule has 0 saturated heterocycles. The van der Waals surface area contributed by atoms with E-state index in [4.69, 9.17) is 8.83 Å². The molecule has 83 heavy (non-hydrogen) atoms. The minimum atomic E-state index is 0.0402. The Morgan fingerprint density at radius 2 is 0.590 bits per heavy atom. The summed E-state index contributed by atoms with van der Waals surface area (Å²) in [7, 11) is 0. The molecule has 0 aliphatic heterocycles. The number of para-hydroxylation sites is 2.